The van der Waals surface area contributed by atoms with E-state index in [1.165, 1.54) is 17.0 Å². The van der Waals surface area contributed by atoms with E-state index in [1.807, 2.05) is 0 Å². The maximum Gasteiger partial charge on any atom is 0.269 e. The molecule has 0 radical (unpaired) electrons. The number of aliphatic hydroxyl groups excluding tert-OH is 2. The van der Waals surface area contributed by atoms with Gasteiger partial charge in [0.2, 0.25) is 0 Å². The second-order valence-corrected chi connectivity index (χ2v) is 5.09. The number of nitrogens with one attached hydrogen (secondary N) is 1. The van der Waals surface area contributed by atoms with Crippen LogP contribution in [0.1, 0.15) is 5.56 Å². The van der Waals surface area contributed by atoms with Gasteiger partial charge in [0, 0.05) is 18.6 Å². The van der Waals surface area contributed by atoms with Crippen LogP contribution in [-0.2, 0) is 6.42 Å². The number of hydrogen-bond donors (Lipinski definition) is 3. The zero-order chi connectivity index (χ0) is 13.8. The Morgan fingerprint density at radius 2 is 2.00 bits per heavy atom. The summed E-state index contributed by atoms with van der Waals surface area (Å²) in [5.74, 6) is -0.0214. The maximum atomic E-state index is 10.5. The summed E-state index contributed by atoms with van der Waals surface area (Å²) in [6, 6.07) is 6.57. The molecule has 1 fully saturated rings. The monoisotopic (exact) mass is 267 g/mol. The molecule has 6 heteroatoms. The minimum absolute atomic E-state index is 0.0214. The number of rotatable bonds is 5. The number of nitro benzene ring substituents is 1. The van der Waals surface area contributed by atoms with Gasteiger partial charge in [0.05, 0.1) is 30.5 Å². The summed E-state index contributed by atoms with van der Waals surface area (Å²) in [7, 11) is 0. The summed E-state index contributed by atoms with van der Waals surface area (Å²) in [5.41, 5.74) is 1.16. The van der Waals surface area contributed by atoms with Gasteiger partial charge in [0.25, 0.3) is 5.69 Å². The lowest BCUT2D eigenvalue weighted by Gasteiger charge is -2.12. The van der Waals surface area contributed by atoms with E-state index in [2.05, 4.69) is 0 Å². The van der Waals surface area contributed by atoms with Crippen molar-refractivity contribution in [1.29, 1.82) is 0 Å². The summed E-state index contributed by atoms with van der Waals surface area (Å²) in [6.07, 6.45) is 0.398. The van der Waals surface area contributed by atoms with Crippen molar-refractivity contribution in [2.45, 2.75) is 12.5 Å². The predicted octanol–water partition coefficient (Wildman–Crippen LogP) is -0.995. The molecule has 1 saturated heterocycles. The topological polar surface area (TPSA) is 88.0 Å². The molecule has 6 nitrogen and oxygen atoms in total. The first kappa shape index (κ1) is 13.9. The van der Waals surface area contributed by atoms with Crippen LogP contribution in [0, 0.1) is 16.0 Å². The Balaban J connectivity index is 1.84. The number of likely N-dealkylation sites (tertiary alicyclic amines) is 1. The Kier molecular flexibility index (Phi) is 4.47. The van der Waals surface area contributed by atoms with Crippen LogP contribution in [0.15, 0.2) is 24.3 Å². The van der Waals surface area contributed by atoms with Crippen LogP contribution in [0.4, 0.5) is 5.69 Å². The Morgan fingerprint density at radius 3 is 2.53 bits per heavy atom. The molecule has 1 aliphatic heterocycles. The van der Waals surface area contributed by atoms with Crippen molar-refractivity contribution in [2.24, 2.45) is 5.92 Å². The quantitative estimate of drug-likeness (QED) is 0.472. The molecule has 0 saturated carbocycles. The van der Waals surface area contributed by atoms with Crippen molar-refractivity contribution in [3.05, 3.63) is 39.9 Å². The Morgan fingerprint density at radius 1 is 1.32 bits per heavy atom. The van der Waals surface area contributed by atoms with Crippen LogP contribution < -0.4 is 4.90 Å². The summed E-state index contributed by atoms with van der Waals surface area (Å²) >= 11 is 0. The van der Waals surface area contributed by atoms with Crippen LogP contribution in [0.2, 0.25) is 0 Å². The van der Waals surface area contributed by atoms with Gasteiger partial charge >= 0.3 is 0 Å². The first-order chi connectivity index (χ1) is 9.10. The van der Waals surface area contributed by atoms with Gasteiger partial charge in [0.1, 0.15) is 12.6 Å². The van der Waals surface area contributed by atoms with E-state index in [-0.39, 0.29) is 18.2 Å². The second kappa shape index (κ2) is 6.10. The van der Waals surface area contributed by atoms with Gasteiger partial charge < -0.3 is 15.1 Å². The fourth-order valence-electron chi connectivity index (χ4n) is 2.55. The molecule has 1 aliphatic rings. The van der Waals surface area contributed by atoms with Gasteiger partial charge in [-0.05, 0) is 5.56 Å². The molecule has 104 valence electrons. The maximum absolute atomic E-state index is 10.5. The lowest BCUT2D eigenvalue weighted by atomic mass is 10.1. The van der Waals surface area contributed by atoms with E-state index in [0.717, 1.165) is 25.1 Å². The van der Waals surface area contributed by atoms with Gasteiger partial charge in [-0.2, -0.15) is 0 Å². The van der Waals surface area contributed by atoms with Crippen molar-refractivity contribution in [2.75, 3.05) is 26.2 Å². The van der Waals surface area contributed by atoms with E-state index < -0.39 is 11.0 Å². The van der Waals surface area contributed by atoms with Crippen LogP contribution in [0.25, 0.3) is 0 Å². The number of nitro groups is 1. The Bertz CT molecular complexity index is 435. The molecule has 0 spiro atoms. The zero-order valence-corrected chi connectivity index (χ0v) is 10.7. The van der Waals surface area contributed by atoms with Gasteiger partial charge in [-0.15, -0.1) is 0 Å². The summed E-state index contributed by atoms with van der Waals surface area (Å²) in [4.78, 5) is 11.4. The van der Waals surface area contributed by atoms with E-state index in [9.17, 15) is 15.2 Å². The van der Waals surface area contributed by atoms with E-state index in [0.29, 0.717) is 6.54 Å². The normalized spacial score (nSPS) is 26.5. The van der Waals surface area contributed by atoms with E-state index in [1.54, 1.807) is 12.1 Å². The zero-order valence-electron chi connectivity index (χ0n) is 10.7. The summed E-state index contributed by atoms with van der Waals surface area (Å²) in [6.45, 7) is 2.34. The molecule has 3 N–H and O–H groups in total. The third-order valence-electron chi connectivity index (χ3n) is 3.74. The molecule has 0 aliphatic carbocycles. The lowest BCUT2D eigenvalue weighted by molar-refractivity contribution is -0.890. The molecule has 2 rings (SSSR count). The van der Waals surface area contributed by atoms with Gasteiger partial charge in [0.15, 0.2) is 0 Å². The molecular weight excluding hydrogens is 248 g/mol. The average Bonchev–Trinajstić information content (AvgIpc) is 2.77. The highest BCUT2D eigenvalue weighted by Crippen LogP contribution is 2.12. The van der Waals surface area contributed by atoms with Crippen molar-refractivity contribution in [3.63, 3.8) is 0 Å². The molecule has 2 unspecified atom stereocenters. The number of nitrogens with zero attached hydrogens (tertiary/aromatic N) is 1. The number of quaternary nitrogens is 1. The van der Waals surface area contributed by atoms with Crippen molar-refractivity contribution < 1.29 is 20.0 Å². The third-order valence-corrected chi connectivity index (χ3v) is 3.74. The minimum atomic E-state index is -0.420. The Hall–Kier alpha value is -1.50. The number of benzene rings is 1. The van der Waals surface area contributed by atoms with Crippen molar-refractivity contribution >= 4 is 5.69 Å². The van der Waals surface area contributed by atoms with Crippen molar-refractivity contribution in [1.82, 2.24) is 0 Å². The highest BCUT2D eigenvalue weighted by molar-refractivity contribution is 5.32. The number of hydrogen-bond acceptors (Lipinski definition) is 4. The number of aliphatic hydroxyl groups is 2. The largest absolute Gasteiger partial charge is 0.396 e. The van der Waals surface area contributed by atoms with Crippen LogP contribution in [-0.4, -0.2) is 47.5 Å². The first-order valence-electron chi connectivity index (χ1n) is 6.46. The third kappa shape index (κ3) is 3.50. The standard InChI is InChI=1S/C13H18N2O4/c16-9-11-7-14(8-13(11)17)6-5-10-1-3-12(4-2-10)15(18)19/h1-4,11,13,16-17H,5-9H2/p+1/t11-,13?/m1/s1. The van der Waals surface area contributed by atoms with Crippen LogP contribution in [0.3, 0.4) is 0 Å². The highest BCUT2D eigenvalue weighted by atomic mass is 16.6. The Labute approximate surface area is 111 Å². The second-order valence-electron chi connectivity index (χ2n) is 5.09. The molecule has 1 aromatic carbocycles. The van der Waals surface area contributed by atoms with E-state index >= 15 is 0 Å². The molecule has 0 aromatic heterocycles. The summed E-state index contributed by atoms with van der Waals surface area (Å²) in [5, 5.41) is 29.3. The van der Waals surface area contributed by atoms with Crippen LogP contribution in [0.5, 0.6) is 0 Å². The highest BCUT2D eigenvalue weighted by Gasteiger charge is 2.33. The minimum Gasteiger partial charge on any atom is -0.396 e. The van der Waals surface area contributed by atoms with Gasteiger partial charge in [-0.25, -0.2) is 0 Å². The molecular formula is C13H19N2O4+. The first-order valence-corrected chi connectivity index (χ1v) is 6.46. The van der Waals surface area contributed by atoms with E-state index in [4.69, 9.17) is 5.11 Å². The fraction of sp³-hybridized carbons (Fsp3) is 0.538. The molecule has 0 amide bonds. The van der Waals surface area contributed by atoms with Gasteiger partial charge in [-0.1, -0.05) is 12.1 Å². The SMILES string of the molecule is O=[N+]([O-])c1ccc(CC[NH+]2CC(O)[C@@H](CO)C2)cc1. The molecule has 1 aromatic rings. The van der Waals surface area contributed by atoms with Crippen LogP contribution >= 0.6 is 0 Å². The predicted molar refractivity (Wildman–Crippen MR) is 68.9 cm³/mol. The summed E-state index contributed by atoms with van der Waals surface area (Å²) < 4.78 is 0. The average molecular weight is 267 g/mol. The molecule has 19 heavy (non-hydrogen) atoms. The number of non-ortho nitro benzene ring substituents is 1. The molecule has 3 atom stereocenters. The fourth-order valence-corrected chi connectivity index (χ4v) is 2.55. The van der Waals surface area contributed by atoms with Gasteiger partial charge in [-0.3, -0.25) is 10.1 Å². The smallest absolute Gasteiger partial charge is 0.269 e. The lowest BCUT2D eigenvalue weighted by Crippen LogP contribution is -3.11. The van der Waals surface area contributed by atoms with Crippen molar-refractivity contribution in [3.8, 4) is 0 Å². The molecule has 0 bridgehead atoms. The molecule has 1 heterocycles.